The molecule has 2 aromatic carbocycles. The molecular formula is C17H19Cl3N3O+. The van der Waals surface area contributed by atoms with E-state index in [1.165, 1.54) is 0 Å². The highest BCUT2D eigenvalue weighted by atomic mass is 35.6. The van der Waals surface area contributed by atoms with E-state index in [9.17, 15) is 4.79 Å². The van der Waals surface area contributed by atoms with E-state index in [0.717, 1.165) is 11.1 Å². The van der Waals surface area contributed by atoms with Gasteiger partial charge in [-0.25, -0.2) is 4.79 Å². The third kappa shape index (κ3) is 6.57. The summed E-state index contributed by atoms with van der Waals surface area (Å²) in [6, 6.07) is 19.0. The molecule has 4 nitrogen and oxygen atoms in total. The number of alkyl halides is 3. The lowest BCUT2D eigenvalue weighted by molar-refractivity contribution is -0.706. The number of quaternary nitrogens is 1. The quantitative estimate of drug-likeness (QED) is 0.518. The molecule has 0 aliphatic rings. The Hall–Kier alpha value is -1.46. The van der Waals surface area contributed by atoms with Crippen LogP contribution in [0.25, 0.3) is 0 Å². The van der Waals surface area contributed by atoms with Gasteiger partial charge in [0.1, 0.15) is 6.54 Å². The largest absolute Gasteiger partial charge is 0.334 e. The summed E-state index contributed by atoms with van der Waals surface area (Å²) >= 11 is 18.0. The average Bonchev–Trinajstić information content (AvgIpc) is 2.57. The number of rotatable bonds is 6. The van der Waals surface area contributed by atoms with Gasteiger partial charge in [0.15, 0.2) is 0 Å². The van der Waals surface area contributed by atoms with Crippen molar-refractivity contribution in [3.05, 3.63) is 71.8 Å². The molecule has 0 spiro atoms. The molecule has 0 aliphatic carbocycles. The summed E-state index contributed by atoms with van der Waals surface area (Å²) < 4.78 is -1.63. The maximum Gasteiger partial charge on any atom is 0.319 e. The van der Waals surface area contributed by atoms with Gasteiger partial charge in [-0.15, -0.1) is 0 Å². The Labute approximate surface area is 156 Å². The van der Waals surface area contributed by atoms with Crippen molar-refractivity contribution >= 4 is 40.8 Å². The molecule has 2 rings (SSSR count). The molecule has 2 amide bonds. The van der Waals surface area contributed by atoms with Crippen LogP contribution in [0, 0.1) is 0 Å². The molecule has 0 bridgehead atoms. The first-order valence-electron chi connectivity index (χ1n) is 7.47. The molecule has 1 atom stereocenters. The molecule has 128 valence electrons. The minimum Gasteiger partial charge on any atom is -0.334 e. The normalized spacial score (nSPS) is 12.5. The Kier molecular flexibility index (Phi) is 7.18. The fourth-order valence-corrected chi connectivity index (χ4v) is 2.54. The third-order valence-corrected chi connectivity index (χ3v) is 4.07. The van der Waals surface area contributed by atoms with Crippen molar-refractivity contribution in [1.82, 2.24) is 10.6 Å². The highest BCUT2D eigenvalue weighted by molar-refractivity contribution is 6.68. The summed E-state index contributed by atoms with van der Waals surface area (Å²) in [5.41, 5.74) is 2.06. The summed E-state index contributed by atoms with van der Waals surface area (Å²) in [6.07, 6.45) is -0.710. The maximum absolute atomic E-state index is 12.1. The van der Waals surface area contributed by atoms with Crippen LogP contribution < -0.4 is 16.0 Å². The van der Waals surface area contributed by atoms with Gasteiger partial charge >= 0.3 is 6.03 Å². The molecule has 0 aliphatic heterocycles. The zero-order valence-electron chi connectivity index (χ0n) is 12.9. The molecule has 7 heteroatoms. The highest BCUT2D eigenvalue weighted by Gasteiger charge is 2.37. The average molecular weight is 388 g/mol. The number of urea groups is 1. The monoisotopic (exact) mass is 386 g/mol. The Morgan fingerprint density at radius 2 is 1.50 bits per heavy atom. The summed E-state index contributed by atoms with van der Waals surface area (Å²) in [7, 11) is 0. The van der Waals surface area contributed by atoms with Gasteiger partial charge in [-0.3, -0.25) is 5.32 Å². The molecular weight excluding hydrogens is 369 g/mol. The molecule has 0 unspecified atom stereocenters. The number of hydrogen-bond acceptors (Lipinski definition) is 1. The predicted molar refractivity (Wildman–Crippen MR) is 98.0 cm³/mol. The van der Waals surface area contributed by atoms with Crippen LogP contribution in [0.5, 0.6) is 0 Å². The minimum absolute atomic E-state index is 0.389. The summed E-state index contributed by atoms with van der Waals surface area (Å²) in [6.45, 7) is 0.982. The second kappa shape index (κ2) is 9.14. The number of halogens is 3. The highest BCUT2D eigenvalue weighted by Crippen LogP contribution is 2.27. The van der Waals surface area contributed by atoms with Gasteiger partial charge in [-0.05, 0) is 5.56 Å². The van der Waals surface area contributed by atoms with Crippen LogP contribution in [0.1, 0.15) is 11.1 Å². The maximum atomic E-state index is 12.1. The van der Waals surface area contributed by atoms with E-state index in [-0.39, 0.29) is 6.03 Å². The number of carbonyl (C=O) groups is 1. The molecule has 2 aromatic rings. The van der Waals surface area contributed by atoms with Gasteiger partial charge < -0.3 is 10.6 Å². The van der Waals surface area contributed by atoms with Gasteiger partial charge in [-0.2, -0.15) is 0 Å². The van der Waals surface area contributed by atoms with E-state index in [4.69, 9.17) is 34.8 Å². The smallest absolute Gasteiger partial charge is 0.319 e. The van der Waals surface area contributed by atoms with Crippen molar-refractivity contribution in [2.75, 3.05) is 0 Å². The first-order valence-corrected chi connectivity index (χ1v) is 8.61. The van der Waals surface area contributed by atoms with Crippen molar-refractivity contribution in [2.24, 2.45) is 0 Å². The lowest BCUT2D eigenvalue weighted by Crippen LogP contribution is -2.95. The van der Waals surface area contributed by atoms with Gasteiger partial charge in [0, 0.05) is 12.1 Å². The number of nitrogens with one attached hydrogen (secondary N) is 2. The van der Waals surface area contributed by atoms with E-state index in [2.05, 4.69) is 10.6 Å². The van der Waals surface area contributed by atoms with Crippen LogP contribution in [-0.4, -0.2) is 16.0 Å². The minimum atomic E-state index is -1.63. The third-order valence-electron chi connectivity index (χ3n) is 3.37. The summed E-state index contributed by atoms with van der Waals surface area (Å²) in [5.74, 6) is 0. The molecule has 0 heterocycles. The van der Waals surface area contributed by atoms with E-state index >= 15 is 0 Å². The number of nitrogens with two attached hydrogens (primary N) is 1. The fraction of sp³-hybridized carbons (Fsp3) is 0.235. The number of amides is 2. The molecule has 0 fully saturated rings. The number of benzene rings is 2. The first kappa shape index (κ1) is 18.9. The van der Waals surface area contributed by atoms with Crippen molar-refractivity contribution in [3.63, 3.8) is 0 Å². The van der Waals surface area contributed by atoms with Gasteiger partial charge in [0.2, 0.25) is 6.17 Å². The summed E-state index contributed by atoms with van der Waals surface area (Å²) in [5, 5.41) is 7.23. The van der Waals surface area contributed by atoms with E-state index in [0.29, 0.717) is 13.1 Å². The Balaban J connectivity index is 1.87. The molecule has 0 saturated heterocycles. The number of carbonyl (C=O) groups excluding carboxylic acids is 1. The fourth-order valence-electron chi connectivity index (χ4n) is 2.11. The zero-order chi connectivity index (χ0) is 17.4. The van der Waals surface area contributed by atoms with Gasteiger partial charge in [0.05, 0.1) is 0 Å². The van der Waals surface area contributed by atoms with Crippen molar-refractivity contribution in [3.8, 4) is 0 Å². The standard InChI is InChI=1S/C17H18Cl3N3O/c18-17(19,20)15(21-11-13-7-3-1-4-8-13)23-16(24)22-12-14-9-5-2-6-10-14/h1-10,15,21H,11-12H2,(H2,22,23,24)/p+1/t15-/m1/s1. The van der Waals surface area contributed by atoms with Crippen molar-refractivity contribution in [2.45, 2.75) is 23.0 Å². The predicted octanol–water partition coefficient (Wildman–Crippen LogP) is 2.95. The second-order valence-electron chi connectivity index (χ2n) is 5.26. The topological polar surface area (TPSA) is 57.7 Å². The van der Waals surface area contributed by atoms with Crippen molar-refractivity contribution in [1.29, 1.82) is 0 Å². The van der Waals surface area contributed by atoms with Crippen molar-refractivity contribution < 1.29 is 10.1 Å². The molecule has 0 saturated carbocycles. The second-order valence-corrected chi connectivity index (χ2v) is 7.63. The molecule has 24 heavy (non-hydrogen) atoms. The first-order chi connectivity index (χ1) is 11.4. The van der Waals surface area contributed by atoms with Gasteiger partial charge in [-0.1, -0.05) is 95.5 Å². The lowest BCUT2D eigenvalue weighted by Gasteiger charge is -2.23. The van der Waals surface area contributed by atoms with Crippen LogP contribution in [-0.2, 0) is 13.1 Å². The van der Waals surface area contributed by atoms with Crippen LogP contribution in [0.15, 0.2) is 60.7 Å². The van der Waals surface area contributed by atoms with Crippen LogP contribution in [0.4, 0.5) is 4.79 Å². The summed E-state index contributed by atoms with van der Waals surface area (Å²) in [4.78, 5) is 12.1. The van der Waals surface area contributed by atoms with Crippen LogP contribution >= 0.6 is 34.8 Å². The Morgan fingerprint density at radius 1 is 0.958 bits per heavy atom. The zero-order valence-corrected chi connectivity index (χ0v) is 15.2. The van der Waals surface area contributed by atoms with E-state index < -0.39 is 9.96 Å². The lowest BCUT2D eigenvalue weighted by atomic mass is 10.2. The Bertz CT molecular complexity index is 633. The molecule has 0 radical (unpaired) electrons. The van der Waals surface area contributed by atoms with Crippen LogP contribution in [0.2, 0.25) is 0 Å². The number of hydrogen-bond donors (Lipinski definition) is 3. The van der Waals surface area contributed by atoms with Gasteiger partial charge in [0.25, 0.3) is 3.79 Å². The Morgan fingerprint density at radius 3 is 2.04 bits per heavy atom. The molecule has 0 aromatic heterocycles. The molecule has 4 N–H and O–H groups in total. The van der Waals surface area contributed by atoms with E-state index in [1.54, 1.807) is 5.32 Å². The SMILES string of the molecule is O=C(NCc1ccccc1)N[C@@H]([NH2+]Cc1ccccc1)C(Cl)(Cl)Cl. The van der Waals surface area contributed by atoms with Crippen LogP contribution in [0.3, 0.4) is 0 Å². The van der Waals surface area contributed by atoms with E-state index in [1.807, 2.05) is 60.7 Å².